The molecule has 212 valence electrons. The number of aliphatic hydroxyl groups is 1. The van der Waals surface area contributed by atoms with Crippen LogP contribution in [0.2, 0.25) is 0 Å². The van der Waals surface area contributed by atoms with Crippen LogP contribution in [0.1, 0.15) is 74.0 Å². The van der Waals surface area contributed by atoms with Crippen LogP contribution in [-0.4, -0.2) is 53.3 Å². The molecule has 0 aromatic heterocycles. The Balaban J connectivity index is 1.56. The molecule has 0 bridgehead atoms. The largest absolute Gasteiger partial charge is 0.392 e. The lowest BCUT2D eigenvalue weighted by Gasteiger charge is -2.37. The maximum atomic E-state index is 12.3. The first-order valence-corrected chi connectivity index (χ1v) is 13.5. The summed E-state index contributed by atoms with van der Waals surface area (Å²) in [5.41, 5.74) is 5.09. The first-order valence-electron chi connectivity index (χ1n) is 13.5. The molecule has 39 heavy (non-hydrogen) atoms. The van der Waals surface area contributed by atoms with Crippen molar-refractivity contribution < 1.29 is 29.4 Å². The van der Waals surface area contributed by atoms with Gasteiger partial charge in [0.1, 0.15) is 0 Å². The average Bonchev–Trinajstić information content (AvgIpc) is 2.95. The van der Waals surface area contributed by atoms with Gasteiger partial charge in [0, 0.05) is 43.6 Å². The van der Waals surface area contributed by atoms with Crippen LogP contribution in [0.4, 0.5) is 5.69 Å². The summed E-state index contributed by atoms with van der Waals surface area (Å²) in [6.07, 6.45) is 5.59. The fourth-order valence-electron chi connectivity index (χ4n) is 4.60. The van der Waals surface area contributed by atoms with Crippen molar-refractivity contribution in [2.24, 2.45) is 0 Å². The SMILES string of the molecule is C=CCN(C)C[C@H]1C[C@@H](c2ccc(CO)cc2)O[C@@H](c2ccc(NC(=O)CCCCCCC(=O)NO)cc2)O1. The second-order valence-electron chi connectivity index (χ2n) is 9.98. The number of carbonyl (C=O) groups excluding carboxylic acids is 2. The highest BCUT2D eigenvalue weighted by Gasteiger charge is 2.32. The van der Waals surface area contributed by atoms with E-state index in [2.05, 4.69) is 16.8 Å². The maximum absolute atomic E-state index is 12.3. The number of nitrogens with zero attached hydrogens (tertiary/aromatic N) is 1. The third-order valence-electron chi connectivity index (χ3n) is 6.72. The van der Waals surface area contributed by atoms with E-state index in [1.807, 2.05) is 61.7 Å². The van der Waals surface area contributed by atoms with Gasteiger partial charge < -0.3 is 24.8 Å². The van der Waals surface area contributed by atoms with Gasteiger partial charge in [0.15, 0.2) is 6.29 Å². The second-order valence-corrected chi connectivity index (χ2v) is 9.98. The Labute approximate surface area is 230 Å². The highest BCUT2D eigenvalue weighted by molar-refractivity contribution is 5.90. The fourth-order valence-corrected chi connectivity index (χ4v) is 4.60. The molecule has 2 amide bonds. The monoisotopic (exact) mass is 539 g/mol. The van der Waals surface area contributed by atoms with Gasteiger partial charge in [-0.25, -0.2) is 5.48 Å². The van der Waals surface area contributed by atoms with Gasteiger partial charge in [0.05, 0.1) is 18.8 Å². The Morgan fingerprint density at radius 3 is 2.23 bits per heavy atom. The molecule has 0 saturated carbocycles. The first kappa shape index (κ1) is 30.5. The molecule has 9 heteroatoms. The lowest BCUT2D eigenvalue weighted by atomic mass is 9.99. The Morgan fingerprint density at radius 1 is 0.974 bits per heavy atom. The summed E-state index contributed by atoms with van der Waals surface area (Å²) in [6, 6.07) is 15.3. The zero-order chi connectivity index (χ0) is 28.0. The number of carbonyl (C=O) groups is 2. The predicted octanol–water partition coefficient (Wildman–Crippen LogP) is 4.63. The maximum Gasteiger partial charge on any atom is 0.243 e. The van der Waals surface area contributed by atoms with E-state index in [1.165, 1.54) is 0 Å². The van der Waals surface area contributed by atoms with Crippen LogP contribution < -0.4 is 10.8 Å². The number of unbranched alkanes of at least 4 members (excludes halogenated alkanes) is 3. The van der Waals surface area contributed by atoms with Crippen LogP contribution in [0.5, 0.6) is 0 Å². The second kappa shape index (κ2) is 16.1. The lowest BCUT2D eigenvalue weighted by molar-refractivity contribution is -0.252. The van der Waals surface area contributed by atoms with E-state index in [1.54, 1.807) is 5.48 Å². The summed E-state index contributed by atoms with van der Waals surface area (Å²) in [7, 11) is 2.04. The Kier molecular flexibility index (Phi) is 12.6. The highest BCUT2D eigenvalue weighted by Crippen LogP contribution is 2.38. The number of ether oxygens (including phenoxy) is 2. The van der Waals surface area contributed by atoms with Crippen LogP contribution in [0.15, 0.2) is 61.2 Å². The summed E-state index contributed by atoms with van der Waals surface area (Å²) in [5.74, 6) is -0.444. The van der Waals surface area contributed by atoms with Crippen LogP contribution in [-0.2, 0) is 25.7 Å². The summed E-state index contributed by atoms with van der Waals surface area (Å²) < 4.78 is 12.7. The summed E-state index contributed by atoms with van der Waals surface area (Å²) >= 11 is 0. The number of amides is 2. The number of hydroxylamine groups is 1. The molecule has 2 aromatic rings. The van der Waals surface area contributed by atoms with E-state index in [4.69, 9.17) is 14.7 Å². The highest BCUT2D eigenvalue weighted by atomic mass is 16.7. The summed E-state index contributed by atoms with van der Waals surface area (Å²) in [4.78, 5) is 25.5. The van der Waals surface area contributed by atoms with E-state index in [0.29, 0.717) is 24.9 Å². The van der Waals surface area contributed by atoms with Crippen molar-refractivity contribution in [2.75, 3.05) is 25.5 Å². The molecule has 2 aromatic carbocycles. The molecule has 1 heterocycles. The van der Waals surface area contributed by atoms with Gasteiger partial charge in [0.25, 0.3) is 0 Å². The third kappa shape index (κ3) is 10.2. The molecule has 0 aliphatic carbocycles. The predicted molar refractivity (Wildman–Crippen MR) is 149 cm³/mol. The lowest BCUT2D eigenvalue weighted by Crippen LogP contribution is -2.37. The van der Waals surface area contributed by atoms with Gasteiger partial charge in [-0.05, 0) is 43.1 Å². The Hall–Kier alpha value is -3.08. The average molecular weight is 540 g/mol. The topological polar surface area (TPSA) is 120 Å². The quantitative estimate of drug-likeness (QED) is 0.113. The van der Waals surface area contributed by atoms with Gasteiger partial charge in [-0.1, -0.05) is 55.3 Å². The molecule has 1 saturated heterocycles. The van der Waals surface area contributed by atoms with Gasteiger partial charge in [-0.2, -0.15) is 0 Å². The molecular formula is C30H41N3O6. The molecule has 1 aliphatic heterocycles. The molecule has 0 unspecified atom stereocenters. The minimum Gasteiger partial charge on any atom is -0.392 e. The van der Waals surface area contributed by atoms with Crippen LogP contribution in [0, 0.1) is 0 Å². The molecule has 9 nitrogen and oxygen atoms in total. The number of aliphatic hydroxyl groups excluding tert-OH is 1. The fraction of sp³-hybridized carbons (Fsp3) is 0.467. The van der Waals surface area contributed by atoms with Gasteiger partial charge in [-0.3, -0.25) is 14.8 Å². The van der Waals surface area contributed by atoms with Crippen molar-refractivity contribution in [1.29, 1.82) is 0 Å². The molecular weight excluding hydrogens is 498 g/mol. The van der Waals surface area contributed by atoms with Crippen molar-refractivity contribution in [3.05, 3.63) is 77.9 Å². The van der Waals surface area contributed by atoms with Gasteiger partial charge in [0.2, 0.25) is 11.8 Å². The Morgan fingerprint density at radius 2 is 1.62 bits per heavy atom. The third-order valence-corrected chi connectivity index (χ3v) is 6.72. The van der Waals surface area contributed by atoms with Crippen molar-refractivity contribution in [1.82, 2.24) is 10.4 Å². The number of anilines is 1. The number of rotatable bonds is 15. The Bertz CT molecular complexity index is 1040. The minimum atomic E-state index is -0.555. The first-order chi connectivity index (χ1) is 18.9. The van der Waals surface area contributed by atoms with Crippen LogP contribution in [0.3, 0.4) is 0 Å². The molecule has 1 fully saturated rings. The van der Waals surface area contributed by atoms with Crippen molar-refractivity contribution in [2.45, 2.75) is 70.1 Å². The van der Waals surface area contributed by atoms with E-state index in [-0.39, 0.29) is 37.0 Å². The molecule has 4 N–H and O–H groups in total. The number of benzene rings is 2. The molecule has 3 atom stereocenters. The normalized spacial score (nSPS) is 19.0. The molecule has 3 rings (SSSR count). The molecule has 0 radical (unpaired) electrons. The standard InChI is InChI=1S/C30H41N3O6/c1-3-18-33(2)20-26-19-27(23-12-10-22(21-34)11-13-23)39-30(38-26)24-14-16-25(17-15-24)31-28(35)8-6-4-5-7-9-29(36)32-37/h3,10-17,26-27,30,34,37H,1,4-9,18-21H2,2H3,(H,31,35)(H,32,36)/t26-,27+,30+/m1/s1. The van der Waals surface area contributed by atoms with E-state index < -0.39 is 6.29 Å². The van der Waals surface area contributed by atoms with Gasteiger partial charge in [-0.15, -0.1) is 6.58 Å². The van der Waals surface area contributed by atoms with E-state index >= 15 is 0 Å². The van der Waals surface area contributed by atoms with Crippen LogP contribution in [0.25, 0.3) is 0 Å². The number of likely N-dealkylation sites (N-methyl/N-ethyl adjacent to an activating group) is 1. The van der Waals surface area contributed by atoms with Gasteiger partial charge >= 0.3 is 0 Å². The van der Waals surface area contributed by atoms with Crippen LogP contribution >= 0.6 is 0 Å². The minimum absolute atomic E-state index is 0.000900. The number of hydrogen-bond acceptors (Lipinski definition) is 7. The number of nitrogens with one attached hydrogen (secondary N) is 2. The van der Waals surface area contributed by atoms with Crippen molar-refractivity contribution >= 4 is 17.5 Å². The van der Waals surface area contributed by atoms with Crippen molar-refractivity contribution in [3.8, 4) is 0 Å². The zero-order valence-electron chi connectivity index (χ0n) is 22.7. The summed E-state index contributed by atoms with van der Waals surface area (Å²) in [6.45, 7) is 5.32. The van der Waals surface area contributed by atoms with E-state index in [9.17, 15) is 14.7 Å². The zero-order valence-corrected chi connectivity index (χ0v) is 22.7. The number of hydrogen-bond donors (Lipinski definition) is 4. The summed E-state index contributed by atoms with van der Waals surface area (Å²) in [5, 5.41) is 20.8. The molecule has 0 spiro atoms. The molecule has 1 aliphatic rings. The van der Waals surface area contributed by atoms with E-state index in [0.717, 1.165) is 49.0 Å². The smallest absolute Gasteiger partial charge is 0.243 e. The van der Waals surface area contributed by atoms with Crippen molar-refractivity contribution in [3.63, 3.8) is 0 Å².